The Bertz CT molecular complexity index is 658. The van der Waals surface area contributed by atoms with Crippen LogP contribution in [0.2, 0.25) is 5.02 Å². The monoisotopic (exact) mass is 561 g/mol. The van der Waals surface area contributed by atoms with Gasteiger partial charge in [-0.1, -0.05) is 37.6 Å². The van der Waals surface area contributed by atoms with E-state index in [1.807, 2.05) is 19.2 Å². The van der Waals surface area contributed by atoms with Gasteiger partial charge >= 0.3 is 0 Å². The van der Waals surface area contributed by atoms with Crippen LogP contribution in [0.4, 0.5) is 0 Å². The first-order valence-electron chi connectivity index (χ1n) is 11.7. The largest absolute Gasteiger partial charge is 0.356 e. The summed E-state index contributed by atoms with van der Waals surface area (Å²) in [5, 5.41) is 8.07. The molecule has 0 bridgehead atoms. The quantitative estimate of drug-likeness (QED) is 0.293. The third kappa shape index (κ3) is 9.44. The molecule has 1 aromatic carbocycles. The second-order valence-corrected chi connectivity index (χ2v) is 9.87. The van der Waals surface area contributed by atoms with Gasteiger partial charge in [-0.3, -0.25) is 9.89 Å². The number of guanidine groups is 1. The molecule has 5 nitrogen and oxygen atoms in total. The molecule has 2 fully saturated rings. The van der Waals surface area contributed by atoms with E-state index in [0.717, 1.165) is 61.8 Å². The van der Waals surface area contributed by atoms with Gasteiger partial charge in [-0.05, 0) is 61.8 Å². The number of aliphatic imine (C=N–C) groups is 1. The van der Waals surface area contributed by atoms with E-state index < -0.39 is 0 Å². The minimum atomic E-state index is 0. The molecule has 7 heteroatoms. The highest BCUT2D eigenvalue weighted by atomic mass is 127. The maximum Gasteiger partial charge on any atom is 0.191 e. The van der Waals surface area contributed by atoms with Crippen LogP contribution in [0.5, 0.6) is 0 Å². The predicted molar refractivity (Wildman–Crippen MR) is 144 cm³/mol. The second-order valence-electron chi connectivity index (χ2n) is 9.44. The highest BCUT2D eigenvalue weighted by Gasteiger charge is 2.22. The minimum Gasteiger partial charge on any atom is -0.356 e. The first-order valence-corrected chi connectivity index (χ1v) is 12.1. The lowest BCUT2D eigenvalue weighted by Crippen LogP contribution is -2.50. The number of nitrogens with one attached hydrogen (secondary N) is 2. The molecule has 1 atom stereocenters. The van der Waals surface area contributed by atoms with Crippen LogP contribution in [0.25, 0.3) is 0 Å². The average molecular weight is 562 g/mol. The van der Waals surface area contributed by atoms with Crippen LogP contribution in [0.1, 0.15) is 45.1 Å². The Morgan fingerprint density at radius 2 is 1.81 bits per heavy atom. The number of halogens is 2. The summed E-state index contributed by atoms with van der Waals surface area (Å²) in [6.45, 7) is 12.6. The topological polar surface area (TPSA) is 42.9 Å². The van der Waals surface area contributed by atoms with E-state index in [0.29, 0.717) is 6.04 Å². The Labute approximate surface area is 211 Å². The number of rotatable bonds is 7. The SMILES string of the molecule is CN=C(NCC1CCCN(CC(C)C)C1)NC1CCN(Cc2ccc(Cl)cc2)CC1.I. The van der Waals surface area contributed by atoms with E-state index >= 15 is 0 Å². The van der Waals surface area contributed by atoms with Gasteiger partial charge in [0.1, 0.15) is 0 Å². The van der Waals surface area contributed by atoms with E-state index in [9.17, 15) is 0 Å². The second kappa shape index (κ2) is 13.9. The van der Waals surface area contributed by atoms with E-state index in [1.54, 1.807) is 0 Å². The van der Waals surface area contributed by atoms with Gasteiger partial charge in [0.05, 0.1) is 0 Å². The number of benzene rings is 1. The van der Waals surface area contributed by atoms with Gasteiger partial charge in [0, 0.05) is 57.4 Å². The molecule has 2 N–H and O–H groups in total. The molecule has 0 amide bonds. The van der Waals surface area contributed by atoms with Crippen LogP contribution >= 0.6 is 35.6 Å². The molecule has 0 spiro atoms. The molecule has 3 rings (SSSR count). The molecule has 1 unspecified atom stereocenters. The Balaban J connectivity index is 0.00000341. The van der Waals surface area contributed by atoms with Crippen molar-refractivity contribution in [1.82, 2.24) is 20.4 Å². The fourth-order valence-electron chi connectivity index (χ4n) is 4.71. The Morgan fingerprint density at radius 3 is 2.45 bits per heavy atom. The van der Waals surface area contributed by atoms with Crippen molar-refractivity contribution in [3.05, 3.63) is 34.9 Å². The van der Waals surface area contributed by atoms with Gasteiger partial charge in [0.25, 0.3) is 0 Å². The lowest BCUT2D eigenvalue weighted by atomic mass is 9.97. The van der Waals surface area contributed by atoms with Gasteiger partial charge in [-0.15, -0.1) is 24.0 Å². The summed E-state index contributed by atoms with van der Waals surface area (Å²) in [4.78, 5) is 9.65. The fourth-order valence-corrected chi connectivity index (χ4v) is 4.84. The summed E-state index contributed by atoms with van der Waals surface area (Å²) in [6.07, 6.45) is 4.94. The van der Waals surface area contributed by atoms with Crippen molar-refractivity contribution >= 4 is 41.5 Å². The van der Waals surface area contributed by atoms with Crippen LogP contribution in [0.15, 0.2) is 29.3 Å². The van der Waals surface area contributed by atoms with Crippen molar-refractivity contribution in [2.45, 2.75) is 52.1 Å². The van der Waals surface area contributed by atoms with Crippen molar-refractivity contribution in [3.63, 3.8) is 0 Å². The van der Waals surface area contributed by atoms with Crippen LogP contribution in [-0.2, 0) is 6.54 Å². The standard InChI is InChI=1S/C24H40ClN5.HI/c1-19(2)16-30-12-4-5-21(18-30)15-27-24(26-3)28-23-10-13-29(14-11-23)17-20-6-8-22(25)9-7-20;/h6-9,19,21,23H,4-5,10-18H2,1-3H3,(H2,26,27,28);1H. The summed E-state index contributed by atoms with van der Waals surface area (Å²) in [6, 6.07) is 8.73. The third-order valence-electron chi connectivity index (χ3n) is 6.26. The van der Waals surface area contributed by atoms with E-state index in [1.165, 1.54) is 38.0 Å². The lowest BCUT2D eigenvalue weighted by Gasteiger charge is -2.35. The number of piperidine rings is 2. The van der Waals surface area contributed by atoms with Gasteiger partial charge in [0.2, 0.25) is 0 Å². The molecule has 2 saturated heterocycles. The highest BCUT2D eigenvalue weighted by molar-refractivity contribution is 14.0. The molecular weight excluding hydrogens is 521 g/mol. The summed E-state index contributed by atoms with van der Waals surface area (Å²) < 4.78 is 0. The van der Waals surface area contributed by atoms with E-state index in [2.05, 4.69) is 51.4 Å². The van der Waals surface area contributed by atoms with Crippen LogP contribution < -0.4 is 10.6 Å². The van der Waals surface area contributed by atoms with Gasteiger partial charge in [0.15, 0.2) is 5.96 Å². The summed E-state index contributed by atoms with van der Waals surface area (Å²) in [5.74, 6) is 2.43. The van der Waals surface area contributed by atoms with Crippen LogP contribution in [0.3, 0.4) is 0 Å². The molecule has 31 heavy (non-hydrogen) atoms. The van der Waals surface area contributed by atoms with Crippen molar-refractivity contribution in [2.75, 3.05) is 46.3 Å². The maximum absolute atomic E-state index is 6.00. The molecule has 2 aliphatic heterocycles. The highest BCUT2D eigenvalue weighted by Crippen LogP contribution is 2.18. The Kier molecular flexibility index (Phi) is 11.9. The molecule has 2 heterocycles. The Hall–Kier alpha value is -0.570. The Morgan fingerprint density at radius 1 is 1.10 bits per heavy atom. The normalized spacial score (nSPS) is 21.7. The molecule has 0 saturated carbocycles. The zero-order valence-electron chi connectivity index (χ0n) is 19.4. The van der Waals surface area contributed by atoms with Crippen molar-refractivity contribution < 1.29 is 0 Å². The van der Waals surface area contributed by atoms with Crippen LogP contribution in [0, 0.1) is 11.8 Å². The average Bonchev–Trinajstić information content (AvgIpc) is 2.74. The zero-order valence-corrected chi connectivity index (χ0v) is 22.5. The van der Waals surface area contributed by atoms with Crippen molar-refractivity contribution in [1.29, 1.82) is 0 Å². The molecule has 0 aromatic heterocycles. The fraction of sp³-hybridized carbons (Fsp3) is 0.708. The number of hydrogen-bond acceptors (Lipinski definition) is 3. The zero-order chi connectivity index (χ0) is 21.3. The smallest absolute Gasteiger partial charge is 0.191 e. The van der Waals surface area contributed by atoms with Crippen molar-refractivity contribution in [3.8, 4) is 0 Å². The molecule has 1 aromatic rings. The summed E-state index contributed by atoms with van der Waals surface area (Å²) >= 11 is 6.00. The van der Waals surface area contributed by atoms with Gasteiger partial charge in [-0.25, -0.2) is 0 Å². The minimum absolute atomic E-state index is 0. The number of likely N-dealkylation sites (tertiary alicyclic amines) is 2. The predicted octanol–water partition coefficient (Wildman–Crippen LogP) is 4.46. The molecule has 0 radical (unpaired) electrons. The van der Waals surface area contributed by atoms with Gasteiger partial charge < -0.3 is 15.5 Å². The van der Waals surface area contributed by atoms with E-state index in [4.69, 9.17) is 11.6 Å². The third-order valence-corrected chi connectivity index (χ3v) is 6.51. The molecule has 0 aliphatic carbocycles. The molecular formula is C24H41ClIN5. The first kappa shape index (κ1) is 26.7. The summed E-state index contributed by atoms with van der Waals surface area (Å²) in [5.41, 5.74) is 1.34. The van der Waals surface area contributed by atoms with Gasteiger partial charge in [-0.2, -0.15) is 0 Å². The molecule has 176 valence electrons. The first-order chi connectivity index (χ1) is 14.5. The van der Waals surface area contributed by atoms with E-state index in [-0.39, 0.29) is 24.0 Å². The number of nitrogens with zero attached hydrogens (tertiary/aromatic N) is 3. The lowest BCUT2D eigenvalue weighted by molar-refractivity contribution is 0.159. The summed E-state index contributed by atoms with van der Waals surface area (Å²) in [7, 11) is 1.89. The van der Waals surface area contributed by atoms with Crippen molar-refractivity contribution in [2.24, 2.45) is 16.8 Å². The number of hydrogen-bond donors (Lipinski definition) is 2. The molecule has 2 aliphatic rings. The van der Waals surface area contributed by atoms with Crippen LogP contribution in [-0.4, -0.2) is 68.1 Å². The maximum atomic E-state index is 6.00.